The predicted molar refractivity (Wildman–Crippen MR) is 59.6 cm³/mol. The standard InChI is InChI=1S/C12H10O6/c13-9(5-11(15)16)7-1-2-8(4-3-7)10(14)6-12(17)18/h1-4H,5-6H2,(H,15,16)(H,17,18). The van der Waals surface area contributed by atoms with Gasteiger partial charge < -0.3 is 10.2 Å². The van der Waals surface area contributed by atoms with Crippen molar-refractivity contribution >= 4 is 23.5 Å². The van der Waals surface area contributed by atoms with Gasteiger partial charge in [-0.15, -0.1) is 0 Å². The molecular weight excluding hydrogens is 240 g/mol. The molecule has 0 unspecified atom stereocenters. The average Bonchev–Trinajstić information content (AvgIpc) is 2.27. The molecule has 0 heterocycles. The molecule has 1 aromatic rings. The Hall–Kier alpha value is -2.50. The Morgan fingerprint density at radius 3 is 1.22 bits per heavy atom. The van der Waals surface area contributed by atoms with Crippen molar-refractivity contribution in [2.75, 3.05) is 0 Å². The van der Waals surface area contributed by atoms with Crippen LogP contribution < -0.4 is 0 Å². The molecule has 1 aromatic carbocycles. The van der Waals surface area contributed by atoms with Crippen molar-refractivity contribution in [3.05, 3.63) is 35.4 Å². The van der Waals surface area contributed by atoms with Crippen LogP contribution in [-0.2, 0) is 9.59 Å². The van der Waals surface area contributed by atoms with Crippen LogP contribution in [0.4, 0.5) is 0 Å². The van der Waals surface area contributed by atoms with E-state index in [-0.39, 0.29) is 11.1 Å². The fourth-order valence-electron chi connectivity index (χ4n) is 1.32. The van der Waals surface area contributed by atoms with Gasteiger partial charge in [-0.1, -0.05) is 24.3 Å². The summed E-state index contributed by atoms with van der Waals surface area (Å²) in [4.78, 5) is 43.4. The minimum absolute atomic E-state index is 0.171. The second-order valence-corrected chi connectivity index (χ2v) is 3.56. The number of aliphatic carboxylic acids is 2. The highest BCUT2D eigenvalue weighted by atomic mass is 16.4. The average molecular weight is 250 g/mol. The normalized spacial score (nSPS) is 9.78. The molecule has 0 saturated carbocycles. The van der Waals surface area contributed by atoms with Crippen LogP contribution in [0.25, 0.3) is 0 Å². The molecule has 0 amide bonds. The molecular formula is C12H10O6. The molecule has 0 saturated heterocycles. The zero-order valence-corrected chi connectivity index (χ0v) is 9.25. The first kappa shape index (κ1) is 13.6. The summed E-state index contributed by atoms with van der Waals surface area (Å²) in [5, 5.41) is 16.9. The molecule has 0 aromatic heterocycles. The molecule has 0 atom stereocenters. The van der Waals surface area contributed by atoms with Crippen molar-refractivity contribution < 1.29 is 29.4 Å². The number of benzene rings is 1. The van der Waals surface area contributed by atoms with Crippen molar-refractivity contribution in [1.82, 2.24) is 0 Å². The lowest BCUT2D eigenvalue weighted by atomic mass is 10.0. The van der Waals surface area contributed by atoms with Crippen LogP contribution in [-0.4, -0.2) is 33.7 Å². The second kappa shape index (κ2) is 5.72. The van der Waals surface area contributed by atoms with E-state index in [0.29, 0.717) is 0 Å². The highest BCUT2D eigenvalue weighted by Gasteiger charge is 2.13. The van der Waals surface area contributed by atoms with E-state index < -0.39 is 36.3 Å². The van der Waals surface area contributed by atoms with Gasteiger partial charge in [-0.05, 0) is 0 Å². The highest BCUT2D eigenvalue weighted by Crippen LogP contribution is 2.09. The molecule has 2 N–H and O–H groups in total. The van der Waals surface area contributed by atoms with E-state index in [4.69, 9.17) is 10.2 Å². The van der Waals surface area contributed by atoms with Gasteiger partial charge in [-0.25, -0.2) is 0 Å². The minimum Gasteiger partial charge on any atom is -0.481 e. The number of rotatable bonds is 6. The van der Waals surface area contributed by atoms with Crippen LogP contribution in [0.3, 0.4) is 0 Å². The summed E-state index contributed by atoms with van der Waals surface area (Å²) in [5.74, 6) is -3.60. The summed E-state index contributed by atoms with van der Waals surface area (Å²) in [6, 6.07) is 5.22. The largest absolute Gasteiger partial charge is 0.481 e. The van der Waals surface area contributed by atoms with Gasteiger partial charge in [0.25, 0.3) is 0 Å². The van der Waals surface area contributed by atoms with Crippen LogP contribution in [0.5, 0.6) is 0 Å². The number of carboxylic acid groups (broad SMARTS) is 2. The van der Waals surface area contributed by atoms with E-state index in [1.54, 1.807) is 0 Å². The topological polar surface area (TPSA) is 109 Å². The van der Waals surface area contributed by atoms with E-state index in [2.05, 4.69) is 0 Å². The monoisotopic (exact) mass is 250 g/mol. The van der Waals surface area contributed by atoms with Gasteiger partial charge in [0, 0.05) is 11.1 Å². The molecule has 0 bridgehead atoms. The predicted octanol–water partition coefficient (Wildman–Crippen LogP) is 1.00. The number of hydrogen-bond acceptors (Lipinski definition) is 4. The molecule has 0 fully saturated rings. The van der Waals surface area contributed by atoms with E-state index in [1.165, 1.54) is 24.3 Å². The van der Waals surface area contributed by atoms with Crippen LogP contribution in [0.15, 0.2) is 24.3 Å². The van der Waals surface area contributed by atoms with Gasteiger partial charge in [0.2, 0.25) is 0 Å². The molecule has 94 valence electrons. The van der Waals surface area contributed by atoms with Crippen molar-refractivity contribution in [3.8, 4) is 0 Å². The third-order valence-corrected chi connectivity index (χ3v) is 2.15. The van der Waals surface area contributed by atoms with Crippen LogP contribution in [0, 0.1) is 0 Å². The first-order valence-electron chi connectivity index (χ1n) is 5.00. The number of carboxylic acids is 2. The molecule has 0 aliphatic rings. The molecule has 0 spiro atoms. The zero-order valence-electron chi connectivity index (χ0n) is 9.25. The first-order valence-corrected chi connectivity index (χ1v) is 5.00. The summed E-state index contributed by atoms with van der Waals surface area (Å²) in [5.41, 5.74) is 0.341. The van der Waals surface area contributed by atoms with E-state index in [9.17, 15) is 19.2 Å². The second-order valence-electron chi connectivity index (χ2n) is 3.56. The maximum atomic E-state index is 11.4. The highest BCUT2D eigenvalue weighted by molar-refractivity contribution is 6.08. The summed E-state index contributed by atoms with van der Waals surface area (Å²) < 4.78 is 0. The third kappa shape index (κ3) is 3.82. The van der Waals surface area contributed by atoms with Crippen LogP contribution in [0.2, 0.25) is 0 Å². The first-order chi connectivity index (χ1) is 8.40. The Bertz CT molecular complexity index is 453. The van der Waals surface area contributed by atoms with Crippen molar-refractivity contribution in [1.29, 1.82) is 0 Å². The number of carbonyl (C=O) groups excluding carboxylic acids is 2. The van der Waals surface area contributed by atoms with E-state index in [0.717, 1.165) is 0 Å². The fraction of sp³-hybridized carbons (Fsp3) is 0.167. The molecule has 1 rings (SSSR count). The van der Waals surface area contributed by atoms with Gasteiger partial charge in [0.15, 0.2) is 11.6 Å². The fourth-order valence-corrected chi connectivity index (χ4v) is 1.32. The maximum absolute atomic E-state index is 11.4. The Balaban J connectivity index is 2.79. The van der Waals surface area contributed by atoms with Gasteiger partial charge >= 0.3 is 11.9 Å². The lowest BCUT2D eigenvalue weighted by Crippen LogP contribution is -2.09. The van der Waals surface area contributed by atoms with Crippen LogP contribution >= 0.6 is 0 Å². The lowest BCUT2D eigenvalue weighted by molar-refractivity contribution is -0.137. The van der Waals surface area contributed by atoms with Gasteiger partial charge in [0.1, 0.15) is 12.8 Å². The molecule has 0 radical (unpaired) electrons. The van der Waals surface area contributed by atoms with Gasteiger partial charge in [0.05, 0.1) is 0 Å². The quantitative estimate of drug-likeness (QED) is 0.575. The molecule has 6 nitrogen and oxygen atoms in total. The van der Waals surface area contributed by atoms with Gasteiger partial charge in [-0.3, -0.25) is 19.2 Å². The van der Waals surface area contributed by atoms with Crippen molar-refractivity contribution in [3.63, 3.8) is 0 Å². The smallest absolute Gasteiger partial charge is 0.311 e. The zero-order chi connectivity index (χ0) is 13.7. The third-order valence-electron chi connectivity index (χ3n) is 2.15. The Labute approximate surface area is 102 Å². The van der Waals surface area contributed by atoms with E-state index >= 15 is 0 Å². The van der Waals surface area contributed by atoms with Crippen LogP contribution in [0.1, 0.15) is 33.6 Å². The number of Topliss-reactive ketones (excluding diaryl/α,β-unsaturated/α-hetero) is 2. The van der Waals surface area contributed by atoms with E-state index in [1.807, 2.05) is 0 Å². The Morgan fingerprint density at radius 2 is 1.00 bits per heavy atom. The summed E-state index contributed by atoms with van der Waals surface area (Å²) in [7, 11) is 0. The number of ketones is 2. The maximum Gasteiger partial charge on any atom is 0.311 e. The van der Waals surface area contributed by atoms with Gasteiger partial charge in [-0.2, -0.15) is 0 Å². The summed E-state index contributed by atoms with van der Waals surface area (Å²) >= 11 is 0. The summed E-state index contributed by atoms with van der Waals surface area (Å²) in [6.07, 6.45) is -1.25. The summed E-state index contributed by atoms with van der Waals surface area (Å²) in [6.45, 7) is 0. The molecule has 18 heavy (non-hydrogen) atoms. The molecule has 6 heteroatoms. The SMILES string of the molecule is O=C(O)CC(=O)c1ccc(C(=O)CC(=O)O)cc1. The molecule has 0 aliphatic heterocycles. The van der Waals surface area contributed by atoms with Crippen molar-refractivity contribution in [2.45, 2.75) is 12.8 Å². The Morgan fingerprint density at radius 1 is 0.722 bits per heavy atom. The Kier molecular flexibility index (Phi) is 4.31. The molecule has 0 aliphatic carbocycles. The number of hydrogen-bond donors (Lipinski definition) is 2. The lowest BCUT2D eigenvalue weighted by Gasteiger charge is -2.01. The minimum atomic E-state index is -1.23. The van der Waals surface area contributed by atoms with Crippen molar-refractivity contribution in [2.24, 2.45) is 0 Å². The number of carbonyl (C=O) groups is 4.